The Kier molecular flexibility index (Phi) is 9.72. The predicted molar refractivity (Wildman–Crippen MR) is 142 cm³/mol. The number of likely N-dealkylation sites (N-methyl/N-ethyl adjacent to an activating group) is 1. The minimum absolute atomic E-state index is 0.0375. The maximum Gasteiger partial charge on any atom is 0.329 e. The first-order valence-corrected chi connectivity index (χ1v) is 14.3. The zero-order chi connectivity index (χ0) is 26.3. The van der Waals surface area contributed by atoms with Gasteiger partial charge in [-0.05, 0) is 81.6 Å². The molecule has 0 radical (unpaired) electrons. The first kappa shape index (κ1) is 28.4. The lowest BCUT2D eigenvalue weighted by atomic mass is 9.75. The quantitative estimate of drug-likeness (QED) is 0.336. The number of hydrogen-bond donors (Lipinski definition) is 4. The van der Waals surface area contributed by atoms with Crippen LogP contribution in [-0.2, 0) is 26.7 Å². The van der Waals surface area contributed by atoms with Crippen LogP contribution in [0.2, 0.25) is 5.02 Å². The third-order valence-electron chi connectivity index (χ3n) is 6.88. The van der Waals surface area contributed by atoms with E-state index >= 15 is 0 Å². The van der Waals surface area contributed by atoms with E-state index in [-0.39, 0.29) is 42.4 Å². The van der Waals surface area contributed by atoms with E-state index in [0.29, 0.717) is 11.3 Å². The fourth-order valence-electron chi connectivity index (χ4n) is 4.75. The average molecular weight is 536 g/mol. The molecule has 36 heavy (non-hydrogen) atoms. The van der Waals surface area contributed by atoms with Crippen LogP contribution in [0.5, 0.6) is 0 Å². The molecule has 3 rings (SSSR count). The molecule has 10 heteroatoms. The number of nitrogens with zero attached hydrogens (tertiary/aromatic N) is 1. The molecule has 1 saturated carbocycles. The van der Waals surface area contributed by atoms with Crippen molar-refractivity contribution >= 4 is 36.7 Å². The maximum absolute atomic E-state index is 12.5. The van der Waals surface area contributed by atoms with Crippen molar-refractivity contribution in [3.63, 3.8) is 0 Å². The minimum atomic E-state index is -4.14. The van der Waals surface area contributed by atoms with E-state index in [1.165, 1.54) is 5.56 Å². The molecule has 0 spiro atoms. The van der Waals surface area contributed by atoms with Crippen molar-refractivity contribution in [3.05, 3.63) is 64.7 Å². The van der Waals surface area contributed by atoms with E-state index in [1.807, 2.05) is 12.1 Å². The number of carbonyl (C=O) groups is 2. The van der Waals surface area contributed by atoms with Crippen LogP contribution in [0.4, 0.5) is 5.69 Å². The van der Waals surface area contributed by atoms with Gasteiger partial charge in [0.15, 0.2) is 0 Å². The van der Waals surface area contributed by atoms with Gasteiger partial charge in [-0.2, -0.15) is 0 Å². The molecule has 1 fully saturated rings. The highest BCUT2D eigenvalue weighted by atomic mass is 35.5. The predicted octanol–water partition coefficient (Wildman–Crippen LogP) is 4.34. The molecule has 196 valence electrons. The van der Waals surface area contributed by atoms with Gasteiger partial charge in [0.25, 0.3) is 0 Å². The third kappa shape index (κ3) is 8.71. The number of amides is 2. The van der Waals surface area contributed by atoms with Gasteiger partial charge in [0.05, 0.1) is 6.16 Å². The molecule has 1 aliphatic rings. The molecule has 0 unspecified atom stereocenters. The van der Waals surface area contributed by atoms with Crippen molar-refractivity contribution < 1.29 is 23.9 Å². The molecule has 0 bridgehead atoms. The first-order valence-electron chi connectivity index (χ1n) is 12.1. The maximum atomic E-state index is 12.5. The second-order valence-corrected chi connectivity index (χ2v) is 11.9. The normalized spacial score (nSPS) is 20.2. The fraction of sp³-hybridized carbons (Fsp3) is 0.462. The van der Waals surface area contributed by atoms with Gasteiger partial charge in [0.1, 0.15) is 0 Å². The summed E-state index contributed by atoms with van der Waals surface area (Å²) in [5.74, 6) is -0.423. The number of anilines is 1. The first-order chi connectivity index (χ1) is 16.9. The van der Waals surface area contributed by atoms with Crippen LogP contribution in [0.15, 0.2) is 48.5 Å². The van der Waals surface area contributed by atoms with Crippen molar-refractivity contribution in [2.75, 3.05) is 19.4 Å². The van der Waals surface area contributed by atoms with Gasteiger partial charge < -0.3 is 25.3 Å². The molecule has 1 aliphatic carbocycles. The second kappa shape index (κ2) is 12.3. The number of carbonyl (C=O) groups excluding carboxylic acids is 2. The van der Waals surface area contributed by atoms with Crippen molar-refractivity contribution in [1.82, 2.24) is 10.2 Å². The number of halogens is 1. The van der Waals surface area contributed by atoms with Gasteiger partial charge >= 0.3 is 7.60 Å². The van der Waals surface area contributed by atoms with Crippen LogP contribution >= 0.6 is 19.2 Å². The highest BCUT2D eigenvalue weighted by Gasteiger charge is 2.37. The molecule has 0 aliphatic heterocycles. The lowest BCUT2D eigenvalue weighted by Gasteiger charge is -2.45. The molecule has 0 heterocycles. The van der Waals surface area contributed by atoms with Crippen molar-refractivity contribution in [2.24, 2.45) is 0 Å². The van der Waals surface area contributed by atoms with Gasteiger partial charge in [-0.3, -0.25) is 14.2 Å². The second-order valence-electron chi connectivity index (χ2n) is 9.83. The Balaban J connectivity index is 1.42. The Hall–Kier alpha value is -2.22. The summed E-state index contributed by atoms with van der Waals surface area (Å²) in [4.78, 5) is 45.1. The van der Waals surface area contributed by atoms with Crippen molar-refractivity contribution in [1.29, 1.82) is 0 Å². The third-order valence-corrected chi connectivity index (χ3v) is 7.91. The van der Waals surface area contributed by atoms with Crippen LogP contribution in [0.3, 0.4) is 0 Å². The summed E-state index contributed by atoms with van der Waals surface area (Å²) in [6.07, 6.45) is 4.42. The van der Waals surface area contributed by atoms with E-state index in [2.05, 4.69) is 41.8 Å². The molecular weight excluding hydrogens is 501 g/mol. The molecule has 2 aromatic rings. The lowest BCUT2D eigenvalue weighted by Crippen LogP contribution is -2.52. The number of hydrogen-bond acceptors (Lipinski definition) is 4. The Labute approximate surface area is 217 Å². The lowest BCUT2D eigenvalue weighted by molar-refractivity contribution is -0.125. The molecule has 0 atom stereocenters. The summed E-state index contributed by atoms with van der Waals surface area (Å²) in [5, 5.41) is 6.53. The summed E-state index contributed by atoms with van der Waals surface area (Å²) in [7, 11) is 0.0832. The summed E-state index contributed by atoms with van der Waals surface area (Å²) in [5.41, 5.74) is 2.29. The van der Waals surface area contributed by atoms with Gasteiger partial charge in [-0.15, -0.1) is 0 Å². The van der Waals surface area contributed by atoms with Gasteiger partial charge in [-0.25, -0.2) is 0 Å². The van der Waals surface area contributed by atoms with Crippen LogP contribution in [0.1, 0.15) is 49.7 Å². The van der Waals surface area contributed by atoms with Crippen molar-refractivity contribution in [3.8, 4) is 0 Å². The van der Waals surface area contributed by atoms with E-state index in [1.54, 1.807) is 24.3 Å². The standard InChI is InChI=1S/C26H35ClN3O5P/c1-30(2)26(17-19-3-7-21(27)8-4-19)15-13-23(14-16-26)29-25(32)12-11-24(31)28-22-9-5-20(6-10-22)18-36(33,34)35/h3-10,23H,11-18H2,1-2H3,(H,28,31)(H,29,32)(H2,33,34,35). The molecular formula is C26H35ClN3O5P. The molecule has 0 aromatic heterocycles. The van der Waals surface area contributed by atoms with Crippen LogP contribution < -0.4 is 10.6 Å². The van der Waals surface area contributed by atoms with Gasteiger partial charge in [-0.1, -0.05) is 35.9 Å². The molecule has 0 saturated heterocycles. The Morgan fingerprint density at radius 2 is 1.53 bits per heavy atom. The van der Waals surface area contributed by atoms with Gasteiger partial charge in [0, 0.05) is 35.1 Å². The number of rotatable bonds is 10. The summed E-state index contributed by atoms with van der Waals surface area (Å²) < 4.78 is 11.1. The summed E-state index contributed by atoms with van der Waals surface area (Å²) in [6.45, 7) is 0. The van der Waals surface area contributed by atoms with E-state index < -0.39 is 7.60 Å². The van der Waals surface area contributed by atoms with E-state index in [0.717, 1.165) is 37.1 Å². The SMILES string of the molecule is CN(C)C1(Cc2ccc(Cl)cc2)CCC(NC(=O)CCC(=O)Nc2ccc(CP(=O)(O)O)cc2)CC1. The fourth-order valence-corrected chi connectivity index (χ4v) is 5.56. The molecule has 4 N–H and O–H groups in total. The smallest absolute Gasteiger partial charge is 0.329 e. The average Bonchev–Trinajstić information content (AvgIpc) is 2.81. The monoisotopic (exact) mass is 535 g/mol. The number of nitrogens with one attached hydrogen (secondary N) is 2. The highest BCUT2D eigenvalue weighted by molar-refractivity contribution is 7.50. The number of benzene rings is 2. The molecule has 2 amide bonds. The van der Waals surface area contributed by atoms with Crippen LogP contribution in [0.25, 0.3) is 0 Å². The van der Waals surface area contributed by atoms with Gasteiger partial charge in [0.2, 0.25) is 11.8 Å². The topological polar surface area (TPSA) is 119 Å². The van der Waals surface area contributed by atoms with Crippen LogP contribution in [-0.4, -0.2) is 52.2 Å². The zero-order valence-electron chi connectivity index (χ0n) is 20.7. The summed E-state index contributed by atoms with van der Waals surface area (Å²) >= 11 is 6.03. The zero-order valence-corrected chi connectivity index (χ0v) is 22.4. The Morgan fingerprint density at radius 1 is 0.972 bits per heavy atom. The van der Waals surface area contributed by atoms with E-state index in [9.17, 15) is 14.2 Å². The molecule has 8 nitrogen and oxygen atoms in total. The summed E-state index contributed by atoms with van der Waals surface area (Å²) in [6, 6.07) is 14.4. The Bertz CT molecular complexity index is 1080. The van der Waals surface area contributed by atoms with Crippen molar-refractivity contribution in [2.45, 2.75) is 62.7 Å². The van der Waals surface area contributed by atoms with E-state index in [4.69, 9.17) is 21.4 Å². The van der Waals surface area contributed by atoms with Crippen LogP contribution in [0, 0.1) is 0 Å². The largest absolute Gasteiger partial charge is 0.353 e. The molecule has 2 aromatic carbocycles. The highest BCUT2D eigenvalue weighted by Crippen LogP contribution is 2.39. The Morgan fingerprint density at radius 3 is 2.08 bits per heavy atom. The minimum Gasteiger partial charge on any atom is -0.353 e.